The van der Waals surface area contributed by atoms with Crippen LogP contribution in [0.4, 0.5) is 0 Å². The van der Waals surface area contributed by atoms with Crippen LogP contribution in [0.2, 0.25) is 0 Å². The summed E-state index contributed by atoms with van der Waals surface area (Å²) >= 11 is 0. The Labute approximate surface area is 216 Å². The molecule has 5 aliphatic rings. The molecule has 4 saturated carbocycles. The molecule has 0 spiro atoms. The molecule has 0 aromatic rings. The first-order valence-electron chi connectivity index (χ1n) is 14.2. The highest BCUT2D eigenvalue weighted by atomic mass is 16.4. The third-order valence-corrected chi connectivity index (χ3v) is 13.6. The van der Waals surface area contributed by atoms with Gasteiger partial charge in [0.1, 0.15) is 0 Å². The number of carboxylic acids is 1. The van der Waals surface area contributed by atoms with E-state index in [1.54, 1.807) is 0 Å². The van der Waals surface area contributed by atoms with Gasteiger partial charge in [0, 0.05) is 16.7 Å². The minimum absolute atomic E-state index is 0.0109. The first-order chi connectivity index (χ1) is 16.6. The molecule has 204 valence electrons. The Morgan fingerprint density at radius 2 is 1.58 bits per heavy atom. The van der Waals surface area contributed by atoms with E-state index in [1.165, 1.54) is 0 Å². The highest BCUT2D eigenvalue weighted by molar-refractivity contribution is 5.77. The molecule has 0 aromatic heterocycles. The maximum absolute atomic E-state index is 12.8. The Morgan fingerprint density at radius 3 is 2.19 bits per heavy atom. The molecule has 6 heteroatoms. The number of aliphatic carboxylic acids is 1. The van der Waals surface area contributed by atoms with E-state index in [4.69, 9.17) is 0 Å². The lowest BCUT2D eigenvalue weighted by Crippen LogP contribution is -2.68. The average Bonchev–Trinajstić information content (AvgIpc) is 2.81. The number of hydrogen-bond acceptors (Lipinski definition) is 5. The van der Waals surface area contributed by atoms with Gasteiger partial charge in [-0.25, -0.2) is 0 Å². The predicted octanol–water partition coefficient (Wildman–Crippen LogP) is 4.15. The molecule has 0 radical (unpaired) electrons. The topological polar surface area (TPSA) is 118 Å². The summed E-state index contributed by atoms with van der Waals surface area (Å²) in [6.07, 6.45) is 5.70. The van der Waals surface area contributed by atoms with Gasteiger partial charge in [-0.15, -0.1) is 0 Å². The molecule has 5 N–H and O–H groups in total. The fourth-order valence-electron chi connectivity index (χ4n) is 10.7. The Bertz CT molecular complexity index is 974. The van der Waals surface area contributed by atoms with Gasteiger partial charge >= 0.3 is 5.97 Å². The zero-order valence-corrected chi connectivity index (χ0v) is 23.0. The minimum atomic E-state index is -1.14. The van der Waals surface area contributed by atoms with Crippen LogP contribution in [-0.4, -0.2) is 56.4 Å². The van der Waals surface area contributed by atoms with Crippen molar-refractivity contribution in [2.24, 2.45) is 50.2 Å². The number of aliphatic hydroxyl groups excluding tert-OH is 4. The van der Waals surface area contributed by atoms with Crippen molar-refractivity contribution in [3.05, 3.63) is 11.6 Å². The molecule has 0 aromatic carbocycles. The zero-order chi connectivity index (χ0) is 26.7. The second-order valence-corrected chi connectivity index (χ2v) is 14.9. The van der Waals surface area contributed by atoms with Crippen molar-refractivity contribution in [3.63, 3.8) is 0 Å². The Hall–Kier alpha value is -0.950. The molecule has 0 saturated heterocycles. The van der Waals surface area contributed by atoms with Crippen LogP contribution in [0.1, 0.15) is 92.9 Å². The molecular formula is C30H48O6. The van der Waals surface area contributed by atoms with Gasteiger partial charge in [0.2, 0.25) is 0 Å². The Morgan fingerprint density at radius 1 is 0.917 bits per heavy atom. The molecule has 4 fully saturated rings. The summed E-state index contributed by atoms with van der Waals surface area (Å²) in [4.78, 5) is 12.8. The van der Waals surface area contributed by atoms with E-state index >= 15 is 0 Å². The smallest absolute Gasteiger partial charge is 0.310 e. The maximum atomic E-state index is 12.8. The summed E-state index contributed by atoms with van der Waals surface area (Å²) in [6.45, 7) is 12.9. The van der Waals surface area contributed by atoms with Crippen molar-refractivity contribution in [2.45, 2.75) is 111 Å². The van der Waals surface area contributed by atoms with E-state index in [0.717, 1.165) is 37.7 Å². The van der Waals surface area contributed by atoms with E-state index in [2.05, 4.69) is 33.8 Å². The number of rotatable bonds is 2. The summed E-state index contributed by atoms with van der Waals surface area (Å²) in [7, 11) is 0. The van der Waals surface area contributed by atoms with Gasteiger partial charge in [-0.05, 0) is 79.4 Å². The van der Waals surface area contributed by atoms with Crippen LogP contribution in [0.3, 0.4) is 0 Å². The number of fused-ring (bicyclic) bond motifs is 7. The van der Waals surface area contributed by atoms with Crippen LogP contribution >= 0.6 is 0 Å². The van der Waals surface area contributed by atoms with Gasteiger partial charge < -0.3 is 25.5 Å². The van der Waals surface area contributed by atoms with Crippen LogP contribution in [0, 0.1) is 50.2 Å². The van der Waals surface area contributed by atoms with E-state index in [9.17, 15) is 30.3 Å². The number of carbonyl (C=O) groups is 1. The lowest BCUT2D eigenvalue weighted by atomic mass is 9.33. The number of allylic oxidation sites excluding steroid dienone is 1. The SMILES string of the molecule is CC1(C)[C@H](O)C[C@]2(C(=O)O)CC[C@]3(C)C(=CC[C@@H]4[C@@]5(C)CC[C@@H](O)[C@](C)(CO)[C@@H]5CC[C@]43C)[C@@H]2[C@@H]1O. The van der Waals surface area contributed by atoms with Crippen LogP contribution in [0.25, 0.3) is 0 Å². The molecule has 36 heavy (non-hydrogen) atoms. The lowest BCUT2D eigenvalue weighted by Gasteiger charge is -2.71. The average molecular weight is 505 g/mol. The molecule has 0 aliphatic heterocycles. The zero-order valence-electron chi connectivity index (χ0n) is 23.0. The number of hydrogen-bond donors (Lipinski definition) is 5. The highest BCUT2D eigenvalue weighted by Crippen LogP contribution is 2.75. The van der Waals surface area contributed by atoms with Gasteiger partial charge in [0.25, 0.3) is 0 Å². The van der Waals surface area contributed by atoms with E-state index in [-0.39, 0.29) is 35.2 Å². The summed E-state index contributed by atoms with van der Waals surface area (Å²) in [6, 6.07) is 0. The first-order valence-corrected chi connectivity index (χ1v) is 14.2. The minimum Gasteiger partial charge on any atom is -0.481 e. The molecule has 0 unspecified atom stereocenters. The van der Waals surface area contributed by atoms with E-state index < -0.39 is 46.4 Å². The van der Waals surface area contributed by atoms with Crippen molar-refractivity contribution in [1.29, 1.82) is 0 Å². The third kappa shape index (κ3) is 2.91. The molecule has 11 atom stereocenters. The lowest BCUT2D eigenvalue weighted by molar-refractivity contribution is -0.228. The largest absolute Gasteiger partial charge is 0.481 e. The van der Waals surface area contributed by atoms with Crippen molar-refractivity contribution in [3.8, 4) is 0 Å². The fourth-order valence-corrected chi connectivity index (χ4v) is 10.7. The third-order valence-electron chi connectivity index (χ3n) is 13.6. The monoisotopic (exact) mass is 504 g/mol. The van der Waals surface area contributed by atoms with Gasteiger partial charge in [0.05, 0.1) is 30.3 Å². The van der Waals surface area contributed by atoms with Crippen molar-refractivity contribution < 1.29 is 30.3 Å². The quantitative estimate of drug-likeness (QED) is 0.361. The molecular weight excluding hydrogens is 456 g/mol. The summed E-state index contributed by atoms with van der Waals surface area (Å²) in [5.74, 6) is -0.822. The molecule has 5 rings (SSSR count). The highest BCUT2D eigenvalue weighted by Gasteiger charge is 2.71. The van der Waals surface area contributed by atoms with Gasteiger partial charge in [-0.1, -0.05) is 53.2 Å². The Balaban J connectivity index is 1.63. The summed E-state index contributed by atoms with van der Waals surface area (Å²) < 4.78 is 0. The molecule has 6 nitrogen and oxygen atoms in total. The Kier molecular flexibility index (Phi) is 5.77. The second-order valence-electron chi connectivity index (χ2n) is 14.9. The molecule has 0 bridgehead atoms. The van der Waals surface area contributed by atoms with Crippen molar-refractivity contribution in [2.75, 3.05) is 6.61 Å². The fraction of sp³-hybridized carbons (Fsp3) is 0.900. The number of aliphatic hydroxyl groups is 4. The van der Waals surface area contributed by atoms with Crippen LogP contribution < -0.4 is 0 Å². The predicted molar refractivity (Wildman–Crippen MR) is 137 cm³/mol. The summed E-state index contributed by atoms with van der Waals surface area (Å²) in [5.41, 5.74) is -1.70. The molecule has 5 aliphatic carbocycles. The van der Waals surface area contributed by atoms with Crippen molar-refractivity contribution >= 4 is 5.97 Å². The van der Waals surface area contributed by atoms with Crippen LogP contribution in [-0.2, 0) is 4.79 Å². The normalized spacial score (nSPS) is 55.9. The van der Waals surface area contributed by atoms with Gasteiger partial charge in [-0.3, -0.25) is 4.79 Å². The van der Waals surface area contributed by atoms with Gasteiger partial charge in [-0.2, -0.15) is 0 Å². The van der Waals surface area contributed by atoms with Crippen molar-refractivity contribution in [1.82, 2.24) is 0 Å². The van der Waals surface area contributed by atoms with Crippen LogP contribution in [0.15, 0.2) is 11.6 Å². The number of carboxylic acid groups (broad SMARTS) is 1. The molecule has 0 heterocycles. The standard InChI is InChI=1S/C30H48O6/c1-25(2)21(33)15-30(24(35)36)14-13-28(5)17(22(30)23(25)34)7-8-19-26(3)11-10-20(32)27(4,16-31)18(26)9-12-29(19,28)6/h7,18-23,31-34H,8-16H2,1-6H3,(H,35,36)/t18-,19-,20-,21-,22-,23+,26+,27-,28-,29-,30-/m1/s1. The van der Waals surface area contributed by atoms with Crippen LogP contribution in [0.5, 0.6) is 0 Å². The first kappa shape index (κ1) is 26.6. The molecule has 0 amide bonds. The second kappa shape index (κ2) is 7.80. The van der Waals surface area contributed by atoms with E-state index in [0.29, 0.717) is 18.8 Å². The maximum Gasteiger partial charge on any atom is 0.310 e. The summed E-state index contributed by atoms with van der Waals surface area (Å²) in [5, 5.41) is 54.5. The van der Waals surface area contributed by atoms with E-state index in [1.807, 2.05) is 13.8 Å². The van der Waals surface area contributed by atoms with Gasteiger partial charge in [0.15, 0.2) is 0 Å².